The second kappa shape index (κ2) is 16.7. The van der Waals surface area contributed by atoms with Gasteiger partial charge in [0.05, 0.1) is 22.8 Å². The van der Waals surface area contributed by atoms with E-state index in [0.29, 0.717) is 5.69 Å². The van der Waals surface area contributed by atoms with Gasteiger partial charge in [-0.05, 0) is 94.4 Å². The Bertz CT molecular complexity index is 2080. The molecule has 3 aliphatic carbocycles. The van der Waals surface area contributed by atoms with E-state index in [4.69, 9.17) is 5.73 Å². The van der Waals surface area contributed by atoms with Gasteiger partial charge in [0.25, 0.3) is 11.8 Å². The third kappa shape index (κ3) is 9.28. The molecule has 60 heavy (non-hydrogen) atoms. The fourth-order valence-electron chi connectivity index (χ4n) is 9.95. The normalized spacial score (nSPS) is 25.9. The topological polar surface area (TPSA) is 276 Å². The summed E-state index contributed by atoms with van der Waals surface area (Å²) >= 11 is 0. The number of nitrogens with zero attached hydrogens (tertiary/aromatic N) is 4. The van der Waals surface area contributed by atoms with E-state index in [2.05, 4.69) is 25.7 Å². The van der Waals surface area contributed by atoms with Gasteiger partial charge in [-0.25, -0.2) is 17.8 Å². The summed E-state index contributed by atoms with van der Waals surface area (Å²) in [6.45, 7) is 2.99. The standard InChI is InChI=1S/C40H58N8O10S2/c1-38(2,54)32-23-42-46-48(32)28-20-31(36(52)44-40(33(49)34(41)50)15-17-59(55,56)18-16-40)47(24-28)37(53)30(19-25-7-4-3-5-8-25)43-35(51)26-9-11-29(12-10-26)60(57,58)45-27-21-39(22-27)13-6-14-39/h9-12,23,25,27-28,30-31,45,54-56H,3-8,13-22,24H2,1-2H3,(H2,41,50)(H,43,51)(H,44,52)/t28-,30?,31-/m0/s1. The molecule has 2 saturated heterocycles. The largest absolute Gasteiger partial charge is 0.384 e. The molecule has 1 spiro atoms. The number of hydrogen-bond acceptors (Lipinski definition) is 12. The maximum Gasteiger partial charge on any atom is 0.287 e. The van der Waals surface area contributed by atoms with Gasteiger partial charge in [-0.3, -0.25) is 33.1 Å². The van der Waals surface area contributed by atoms with Crippen LogP contribution in [0.5, 0.6) is 0 Å². The summed E-state index contributed by atoms with van der Waals surface area (Å²) in [4.78, 5) is 70.2. The van der Waals surface area contributed by atoms with E-state index >= 15 is 0 Å². The van der Waals surface area contributed by atoms with Crippen LogP contribution in [0.25, 0.3) is 0 Å². The number of nitrogens with two attached hydrogens (primary N) is 1. The molecule has 0 radical (unpaired) electrons. The van der Waals surface area contributed by atoms with Gasteiger partial charge in [-0.15, -0.1) is 5.10 Å². The third-order valence-electron chi connectivity index (χ3n) is 13.6. The van der Waals surface area contributed by atoms with E-state index in [1.54, 1.807) is 13.8 Å². The number of sulfonamides is 1. The Morgan fingerprint density at radius 1 is 0.983 bits per heavy atom. The molecule has 2 aromatic rings. The monoisotopic (exact) mass is 874 g/mol. The van der Waals surface area contributed by atoms with Crippen LogP contribution in [0.3, 0.4) is 0 Å². The maximum absolute atomic E-state index is 14.9. The minimum atomic E-state index is -3.82. The first-order valence-corrected chi connectivity index (χ1v) is 24.3. The van der Waals surface area contributed by atoms with Gasteiger partial charge in [0.1, 0.15) is 23.2 Å². The van der Waals surface area contributed by atoms with Crippen molar-refractivity contribution in [3.63, 3.8) is 0 Å². The summed E-state index contributed by atoms with van der Waals surface area (Å²) in [6, 6.07) is 2.34. The number of amides is 4. The lowest BCUT2D eigenvalue weighted by Gasteiger charge is -2.54. The number of ketones is 1. The molecule has 1 unspecified atom stereocenters. The first-order valence-electron chi connectivity index (χ1n) is 21.0. The van der Waals surface area contributed by atoms with E-state index in [1.807, 2.05) is 0 Å². The lowest BCUT2D eigenvalue weighted by Crippen LogP contribution is -2.64. The number of rotatable bonds is 14. The Morgan fingerprint density at radius 2 is 1.63 bits per heavy atom. The minimum absolute atomic E-state index is 0.0227. The molecule has 3 saturated carbocycles. The van der Waals surface area contributed by atoms with E-state index in [1.165, 1.54) is 46.5 Å². The van der Waals surface area contributed by atoms with Crippen molar-refractivity contribution in [3.05, 3.63) is 41.7 Å². The maximum atomic E-state index is 14.9. The molecule has 330 valence electrons. The zero-order valence-corrected chi connectivity index (χ0v) is 35.8. The lowest BCUT2D eigenvalue weighted by atomic mass is 9.54. The van der Waals surface area contributed by atoms with Crippen LogP contribution < -0.4 is 21.1 Å². The summed E-state index contributed by atoms with van der Waals surface area (Å²) in [6.07, 6.45) is 10.8. The van der Waals surface area contributed by atoms with E-state index < -0.39 is 79.3 Å². The molecule has 1 aromatic heterocycles. The number of aromatic nitrogens is 3. The molecule has 18 nitrogen and oxygen atoms in total. The highest BCUT2D eigenvalue weighted by Crippen LogP contribution is 2.56. The Balaban J connectivity index is 1.14. The fourth-order valence-corrected chi connectivity index (χ4v) is 12.7. The zero-order valence-electron chi connectivity index (χ0n) is 34.2. The van der Waals surface area contributed by atoms with Crippen LogP contribution in [0.1, 0.15) is 126 Å². The molecule has 5 aliphatic rings. The van der Waals surface area contributed by atoms with Gasteiger partial charge in [-0.1, -0.05) is 43.7 Å². The number of benzene rings is 1. The second-order valence-corrected chi connectivity index (χ2v) is 22.5. The van der Waals surface area contributed by atoms with Crippen LogP contribution in [0.4, 0.5) is 0 Å². The van der Waals surface area contributed by atoms with Gasteiger partial charge in [0.2, 0.25) is 27.6 Å². The van der Waals surface area contributed by atoms with Crippen LogP contribution in [-0.4, -0.2) is 114 Å². The van der Waals surface area contributed by atoms with Crippen molar-refractivity contribution in [2.24, 2.45) is 17.1 Å². The first kappa shape index (κ1) is 44.1. The van der Waals surface area contributed by atoms with Crippen LogP contribution >= 0.6 is 10.6 Å². The van der Waals surface area contributed by atoms with Gasteiger partial charge >= 0.3 is 0 Å². The highest BCUT2D eigenvalue weighted by Gasteiger charge is 2.51. The van der Waals surface area contributed by atoms with Crippen molar-refractivity contribution in [3.8, 4) is 0 Å². The quantitative estimate of drug-likeness (QED) is 0.135. The highest BCUT2D eigenvalue weighted by molar-refractivity contribution is 8.24. The van der Waals surface area contributed by atoms with Crippen LogP contribution in [0.2, 0.25) is 0 Å². The van der Waals surface area contributed by atoms with Crippen molar-refractivity contribution < 1.29 is 46.6 Å². The number of primary amides is 1. The van der Waals surface area contributed by atoms with Crippen LogP contribution in [0.15, 0.2) is 35.4 Å². The molecule has 4 amide bonds. The number of carbonyl (C=O) groups is 5. The van der Waals surface area contributed by atoms with Crippen LogP contribution in [0, 0.1) is 11.3 Å². The number of aliphatic hydroxyl groups is 1. The number of hydrogen-bond donors (Lipinski definition) is 7. The van der Waals surface area contributed by atoms with Gasteiger partial charge < -0.3 is 26.4 Å². The predicted molar refractivity (Wildman–Crippen MR) is 220 cm³/mol. The number of likely N-dealkylation sites (tertiary alicyclic amines) is 1. The smallest absolute Gasteiger partial charge is 0.287 e. The second-order valence-electron chi connectivity index (χ2n) is 18.4. The number of Topliss-reactive ketones (excluding diaryl/α,β-unsaturated/α-hetero) is 1. The Hall–Kier alpha value is -3.95. The SMILES string of the molecule is CC(C)(O)c1cnnn1[C@H]1C[C@@H](C(=O)NC2(C(=O)C(N)=O)CCS(O)(O)CC2)N(C(=O)C(CC2CCCCC2)NC(=O)c2ccc(S(=O)(=O)NC3CC4(CCC4)C3)cc2)C1. The summed E-state index contributed by atoms with van der Waals surface area (Å²) in [5, 5.41) is 24.7. The summed E-state index contributed by atoms with van der Waals surface area (Å²) in [5.74, 6) is -4.81. The van der Waals surface area contributed by atoms with Crippen molar-refractivity contribution in [1.82, 2.24) is 35.2 Å². The molecule has 5 fully saturated rings. The van der Waals surface area contributed by atoms with E-state index in [9.17, 15) is 46.6 Å². The molecule has 3 heterocycles. The third-order valence-corrected chi connectivity index (χ3v) is 16.8. The average Bonchev–Trinajstić information content (AvgIpc) is 3.85. The molecule has 8 N–H and O–H groups in total. The lowest BCUT2D eigenvalue weighted by molar-refractivity contribution is -0.145. The molecule has 7 rings (SSSR count). The molecule has 1 aromatic carbocycles. The average molecular weight is 875 g/mol. The van der Waals surface area contributed by atoms with Gasteiger partial charge in [0.15, 0.2) is 0 Å². The van der Waals surface area contributed by atoms with Gasteiger partial charge in [0, 0.05) is 36.1 Å². The van der Waals surface area contributed by atoms with Crippen molar-refractivity contribution in [2.75, 3.05) is 18.1 Å². The highest BCUT2D eigenvalue weighted by atomic mass is 32.3. The van der Waals surface area contributed by atoms with E-state index in [-0.39, 0.29) is 71.6 Å². The van der Waals surface area contributed by atoms with Crippen molar-refractivity contribution in [2.45, 2.75) is 144 Å². The summed E-state index contributed by atoms with van der Waals surface area (Å²) in [5.41, 5.74) is 2.92. The van der Waals surface area contributed by atoms with Gasteiger partial charge in [-0.2, -0.15) is 10.6 Å². The number of nitrogens with one attached hydrogen (secondary N) is 3. The molecule has 3 atom stereocenters. The molecule has 2 aliphatic heterocycles. The summed E-state index contributed by atoms with van der Waals surface area (Å²) < 4.78 is 51.3. The zero-order chi connectivity index (χ0) is 43.3. The Morgan fingerprint density at radius 3 is 2.22 bits per heavy atom. The summed E-state index contributed by atoms with van der Waals surface area (Å²) in [7, 11) is -6.88. The molecular formula is C40H58N8O10S2. The minimum Gasteiger partial charge on any atom is -0.384 e. The first-order chi connectivity index (χ1) is 28.2. The molecular weight excluding hydrogens is 817 g/mol. The predicted octanol–water partition coefficient (Wildman–Crippen LogP) is 2.48. The Kier molecular flexibility index (Phi) is 12.3. The number of carbonyl (C=O) groups excluding carboxylic acids is 5. The van der Waals surface area contributed by atoms with Crippen LogP contribution in [-0.2, 0) is 34.8 Å². The fraction of sp³-hybridized carbons (Fsp3) is 0.675. The van der Waals surface area contributed by atoms with E-state index in [0.717, 1.165) is 57.8 Å². The molecule has 0 bridgehead atoms. The molecule has 20 heteroatoms. The van der Waals surface area contributed by atoms with Crippen molar-refractivity contribution in [1.29, 1.82) is 0 Å². The Labute approximate surface area is 351 Å². The van der Waals surface area contributed by atoms with Crippen molar-refractivity contribution >= 4 is 50.0 Å².